The molecular formula is C31H38FN5O5S. The van der Waals surface area contributed by atoms with E-state index < -0.39 is 11.9 Å². The van der Waals surface area contributed by atoms with E-state index in [-0.39, 0.29) is 18.6 Å². The van der Waals surface area contributed by atoms with Gasteiger partial charge in [-0.1, -0.05) is 24.4 Å². The van der Waals surface area contributed by atoms with Crippen molar-refractivity contribution in [2.45, 2.75) is 25.5 Å². The first-order valence-electron chi connectivity index (χ1n) is 15.0. The molecule has 3 heterocycles. The van der Waals surface area contributed by atoms with Crippen LogP contribution in [-0.4, -0.2) is 105 Å². The third-order valence-electron chi connectivity index (χ3n) is 8.34. The molecule has 0 bridgehead atoms. The highest BCUT2D eigenvalue weighted by Gasteiger charge is 2.34. The number of carbonyl (C=O) groups is 2. The highest BCUT2D eigenvalue weighted by atomic mass is 32.1. The number of halogens is 1. The minimum absolute atomic E-state index is 0.0410. The summed E-state index contributed by atoms with van der Waals surface area (Å²) < 4.78 is 31.9. The minimum Gasteiger partial charge on any atom is -0.484 e. The summed E-state index contributed by atoms with van der Waals surface area (Å²) in [7, 11) is 0. The molecule has 2 aromatic rings. The number of hydrogen-bond donors (Lipinski definition) is 1. The summed E-state index contributed by atoms with van der Waals surface area (Å²) in [4.78, 5) is 33.6. The van der Waals surface area contributed by atoms with Gasteiger partial charge in [-0.15, -0.1) is 0 Å². The Morgan fingerprint density at radius 3 is 2.47 bits per heavy atom. The number of cyclic esters (lactones) is 1. The summed E-state index contributed by atoms with van der Waals surface area (Å²) >= 11 is 5.35. The molecule has 1 aliphatic carbocycles. The Morgan fingerprint density at radius 1 is 1.02 bits per heavy atom. The molecule has 0 spiro atoms. The first-order chi connectivity index (χ1) is 20.9. The molecule has 230 valence electrons. The van der Waals surface area contributed by atoms with Crippen LogP contribution in [0.2, 0.25) is 0 Å². The fourth-order valence-corrected chi connectivity index (χ4v) is 5.92. The van der Waals surface area contributed by atoms with Gasteiger partial charge in [0.25, 0.3) is 5.91 Å². The number of nitrogens with one attached hydrogen (secondary N) is 1. The molecule has 4 aliphatic rings. The van der Waals surface area contributed by atoms with Crippen molar-refractivity contribution in [3.05, 3.63) is 53.8 Å². The number of amides is 2. The second kappa shape index (κ2) is 13.4. The van der Waals surface area contributed by atoms with Gasteiger partial charge in [0.15, 0.2) is 6.61 Å². The summed E-state index contributed by atoms with van der Waals surface area (Å²) in [6.45, 7) is 6.95. The molecule has 0 aromatic heterocycles. The number of nitrogens with zero attached hydrogens (tertiary/aromatic N) is 4. The Labute approximate surface area is 256 Å². The molecular weight excluding hydrogens is 573 g/mol. The van der Waals surface area contributed by atoms with E-state index in [0.29, 0.717) is 62.3 Å². The van der Waals surface area contributed by atoms with Gasteiger partial charge in [0, 0.05) is 51.7 Å². The topological polar surface area (TPSA) is 86.8 Å². The Balaban J connectivity index is 0.945. The van der Waals surface area contributed by atoms with Gasteiger partial charge >= 0.3 is 6.09 Å². The van der Waals surface area contributed by atoms with Crippen LogP contribution in [0.3, 0.4) is 0 Å². The molecule has 3 saturated heterocycles. The van der Waals surface area contributed by atoms with Gasteiger partial charge < -0.3 is 29.3 Å². The van der Waals surface area contributed by atoms with Gasteiger partial charge in [0.05, 0.1) is 42.7 Å². The van der Waals surface area contributed by atoms with Crippen molar-refractivity contribution < 1.29 is 28.2 Å². The van der Waals surface area contributed by atoms with Gasteiger partial charge in [-0.25, -0.2) is 9.18 Å². The fraction of sp³-hybridized carbons (Fsp3) is 0.516. The van der Waals surface area contributed by atoms with E-state index in [1.165, 1.54) is 16.5 Å². The number of ether oxygens (including phenoxy) is 3. The second-order valence-corrected chi connectivity index (χ2v) is 11.9. The Morgan fingerprint density at radius 2 is 1.77 bits per heavy atom. The molecule has 2 amide bonds. The highest BCUT2D eigenvalue weighted by molar-refractivity contribution is 7.80. The van der Waals surface area contributed by atoms with E-state index in [4.69, 9.17) is 26.4 Å². The van der Waals surface area contributed by atoms with Gasteiger partial charge in [-0.3, -0.25) is 14.6 Å². The Kier molecular flexibility index (Phi) is 9.25. The SMILES string of the molecule is O=C(COc1ccc(CN2CCOCC2)cc1)N1CCN(c2ccc(N3C[C@H](CNC(=S)C4CC4)OC3=O)cc2F)CC1. The molecule has 1 N–H and O–H groups in total. The van der Waals surface area contributed by atoms with Crippen molar-refractivity contribution >= 4 is 40.6 Å². The van der Waals surface area contributed by atoms with Crippen LogP contribution < -0.4 is 19.9 Å². The largest absolute Gasteiger partial charge is 0.484 e. The molecule has 2 aromatic carbocycles. The predicted octanol–water partition coefficient (Wildman–Crippen LogP) is 3.04. The van der Waals surface area contributed by atoms with E-state index in [1.807, 2.05) is 29.2 Å². The maximum Gasteiger partial charge on any atom is 0.414 e. The van der Waals surface area contributed by atoms with Crippen LogP contribution in [0.1, 0.15) is 18.4 Å². The Bertz CT molecular complexity index is 1310. The maximum atomic E-state index is 15.2. The maximum absolute atomic E-state index is 15.2. The van der Waals surface area contributed by atoms with Gasteiger partial charge in [0.2, 0.25) is 0 Å². The number of rotatable bonds is 10. The second-order valence-electron chi connectivity index (χ2n) is 11.5. The van der Waals surface area contributed by atoms with Crippen LogP contribution in [0, 0.1) is 11.7 Å². The molecule has 3 aliphatic heterocycles. The van der Waals surface area contributed by atoms with Crippen molar-refractivity contribution in [2.75, 3.05) is 82.0 Å². The normalized spacial score (nSPS) is 21.1. The number of anilines is 2. The molecule has 10 nitrogen and oxygen atoms in total. The summed E-state index contributed by atoms with van der Waals surface area (Å²) in [5.74, 6) is 0.600. The van der Waals surface area contributed by atoms with Crippen molar-refractivity contribution in [3.63, 3.8) is 0 Å². The number of morpholine rings is 1. The van der Waals surface area contributed by atoms with Gasteiger partial charge in [-0.2, -0.15) is 0 Å². The molecule has 0 unspecified atom stereocenters. The van der Waals surface area contributed by atoms with Crippen LogP contribution in [-0.2, 0) is 20.8 Å². The lowest BCUT2D eigenvalue weighted by Crippen LogP contribution is -2.50. The molecule has 1 saturated carbocycles. The summed E-state index contributed by atoms with van der Waals surface area (Å²) in [6.07, 6.45) is 1.38. The third-order valence-corrected chi connectivity index (χ3v) is 8.82. The lowest BCUT2D eigenvalue weighted by Gasteiger charge is -2.36. The molecule has 4 fully saturated rings. The smallest absolute Gasteiger partial charge is 0.414 e. The van der Waals surface area contributed by atoms with Gasteiger partial charge in [0.1, 0.15) is 17.7 Å². The average Bonchev–Trinajstić information content (AvgIpc) is 3.82. The van der Waals surface area contributed by atoms with E-state index in [0.717, 1.165) is 50.7 Å². The zero-order chi connectivity index (χ0) is 29.8. The lowest BCUT2D eigenvalue weighted by molar-refractivity contribution is -0.133. The summed E-state index contributed by atoms with van der Waals surface area (Å²) in [5.41, 5.74) is 2.10. The van der Waals surface area contributed by atoms with Crippen molar-refractivity contribution in [3.8, 4) is 5.75 Å². The molecule has 12 heteroatoms. The highest BCUT2D eigenvalue weighted by Crippen LogP contribution is 2.31. The Hall–Kier alpha value is -3.48. The quantitative estimate of drug-likeness (QED) is 0.408. The number of carbonyl (C=O) groups excluding carboxylic acids is 2. The first kappa shape index (κ1) is 29.6. The third kappa shape index (κ3) is 7.54. The fourth-order valence-electron chi connectivity index (χ4n) is 5.60. The van der Waals surface area contributed by atoms with Crippen molar-refractivity contribution in [2.24, 2.45) is 5.92 Å². The summed E-state index contributed by atoms with van der Waals surface area (Å²) in [5, 5.41) is 3.19. The van der Waals surface area contributed by atoms with Crippen LogP contribution in [0.5, 0.6) is 5.75 Å². The van der Waals surface area contributed by atoms with Crippen LogP contribution in [0.4, 0.5) is 20.6 Å². The number of benzene rings is 2. The predicted molar refractivity (Wildman–Crippen MR) is 164 cm³/mol. The molecule has 6 rings (SSSR count). The number of piperazine rings is 1. The summed E-state index contributed by atoms with van der Waals surface area (Å²) in [6, 6.07) is 12.7. The van der Waals surface area contributed by atoms with Crippen LogP contribution in [0.15, 0.2) is 42.5 Å². The lowest BCUT2D eigenvalue weighted by atomic mass is 10.2. The minimum atomic E-state index is -0.491. The van der Waals surface area contributed by atoms with Gasteiger partial charge in [-0.05, 0) is 48.7 Å². The number of hydrogen-bond acceptors (Lipinski definition) is 8. The van der Waals surface area contributed by atoms with Crippen molar-refractivity contribution in [1.82, 2.24) is 15.1 Å². The first-order valence-corrected chi connectivity index (χ1v) is 15.4. The van der Waals surface area contributed by atoms with E-state index >= 15 is 4.39 Å². The molecule has 43 heavy (non-hydrogen) atoms. The van der Waals surface area contributed by atoms with Crippen LogP contribution >= 0.6 is 12.2 Å². The van der Waals surface area contributed by atoms with E-state index in [1.54, 1.807) is 17.0 Å². The van der Waals surface area contributed by atoms with E-state index in [2.05, 4.69) is 10.2 Å². The van der Waals surface area contributed by atoms with Crippen molar-refractivity contribution in [1.29, 1.82) is 0 Å². The average molecular weight is 612 g/mol. The molecule has 1 atom stereocenters. The van der Waals surface area contributed by atoms with E-state index in [9.17, 15) is 9.59 Å². The van der Waals surface area contributed by atoms with Crippen LogP contribution in [0.25, 0.3) is 0 Å². The zero-order valence-electron chi connectivity index (χ0n) is 24.2. The zero-order valence-corrected chi connectivity index (χ0v) is 25.0. The molecule has 0 radical (unpaired) electrons. The monoisotopic (exact) mass is 611 g/mol. The standard InChI is InChI=1S/C31H38FN5O5S/c32-27-17-24(37-20-26(42-31(37)39)18-33-30(43)23-3-4-23)5-8-28(27)35-9-11-36(12-10-35)29(38)21-41-25-6-1-22(2-7-25)19-34-13-15-40-16-14-34/h1-2,5-8,17,23,26H,3-4,9-16,18-21H2,(H,33,43)/t26-/m0/s1. The number of thiocarbonyl (C=S) groups is 1.